The van der Waals surface area contributed by atoms with Crippen molar-refractivity contribution in [3.8, 4) is 12.3 Å². The molecule has 0 radical (unpaired) electrons. The Bertz CT molecular complexity index is 579. The van der Waals surface area contributed by atoms with Gasteiger partial charge in [-0.25, -0.2) is 0 Å². The van der Waals surface area contributed by atoms with Gasteiger partial charge in [0.05, 0.1) is 13.0 Å². The van der Waals surface area contributed by atoms with Crippen molar-refractivity contribution in [3.05, 3.63) is 29.3 Å². The van der Waals surface area contributed by atoms with Crippen LogP contribution in [-0.4, -0.2) is 18.1 Å². The van der Waals surface area contributed by atoms with Gasteiger partial charge in [-0.1, -0.05) is 6.07 Å². The molecule has 0 aromatic heterocycles. The Morgan fingerprint density at radius 2 is 2.33 bits per heavy atom. The maximum atomic E-state index is 11.5. The Labute approximate surface area is 105 Å². The number of terminal acetylenes is 1. The second-order valence-corrected chi connectivity index (χ2v) is 4.43. The second kappa shape index (κ2) is 3.84. The van der Waals surface area contributed by atoms with Crippen LogP contribution in [0, 0.1) is 12.3 Å². The minimum Gasteiger partial charge on any atom is -0.380 e. The van der Waals surface area contributed by atoms with Crippen LogP contribution < -0.4 is 10.6 Å². The molecule has 0 atom stereocenters. The third-order valence-corrected chi connectivity index (χ3v) is 3.18. The fourth-order valence-corrected chi connectivity index (χ4v) is 2.09. The minimum atomic E-state index is -0.451. The van der Waals surface area contributed by atoms with Gasteiger partial charge < -0.3 is 10.6 Å². The number of benzene rings is 1. The van der Waals surface area contributed by atoms with Crippen molar-refractivity contribution >= 4 is 11.6 Å². The van der Waals surface area contributed by atoms with Crippen LogP contribution in [0.5, 0.6) is 0 Å². The Balaban J connectivity index is 1.75. The number of carbonyl (C=O) groups excluding carboxylic acids is 1. The maximum Gasteiger partial charge on any atom is 0.251 e. The molecule has 2 aliphatic rings. The zero-order valence-corrected chi connectivity index (χ0v) is 9.73. The van der Waals surface area contributed by atoms with E-state index in [1.165, 1.54) is 0 Å². The predicted octanol–water partition coefficient (Wildman–Crippen LogP) is 1.53. The molecule has 3 rings (SSSR count). The molecule has 1 aromatic carbocycles. The minimum absolute atomic E-state index is 0.0206. The fraction of sp³-hybridized carbons (Fsp3) is 0.308. The van der Waals surface area contributed by atoms with E-state index in [9.17, 15) is 4.79 Å². The third kappa shape index (κ3) is 1.72. The SMILES string of the molecule is C#CCC1(CNc2cccc3c2CNC3=O)N=N1. The summed E-state index contributed by atoms with van der Waals surface area (Å²) in [7, 11) is 0. The number of hydrogen-bond acceptors (Lipinski definition) is 4. The van der Waals surface area contributed by atoms with E-state index in [4.69, 9.17) is 6.42 Å². The summed E-state index contributed by atoms with van der Waals surface area (Å²) in [6.07, 6.45) is 5.79. The molecule has 1 aromatic rings. The predicted molar refractivity (Wildman–Crippen MR) is 67.1 cm³/mol. The van der Waals surface area contributed by atoms with Crippen LogP contribution in [0.25, 0.3) is 0 Å². The number of nitrogens with zero attached hydrogens (tertiary/aromatic N) is 2. The van der Waals surface area contributed by atoms with E-state index in [1.54, 1.807) is 0 Å². The van der Waals surface area contributed by atoms with Crippen LogP contribution >= 0.6 is 0 Å². The molecule has 18 heavy (non-hydrogen) atoms. The monoisotopic (exact) mass is 240 g/mol. The highest BCUT2D eigenvalue weighted by atomic mass is 16.1. The maximum absolute atomic E-state index is 11.5. The Kier molecular flexibility index (Phi) is 2.30. The molecular formula is C13H12N4O. The fourth-order valence-electron chi connectivity index (χ4n) is 2.09. The first-order valence-corrected chi connectivity index (χ1v) is 5.76. The molecule has 0 saturated carbocycles. The molecule has 90 valence electrons. The highest BCUT2D eigenvalue weighted by Crippen LogP contribution is 2.32. The largest absolute Gasteiger partial charge is 0.380 e. The normalized spacial score (nSPS) is 17.8. The summed E-state index contributed by atoms with van der Waals surface area (Å²) in [5, 5.41) is 14.1. The number of hydrogen-bond donors (Lipinski definition) is 2. The van der Waals surface area contributed by atoms with Crippen LogP contribution in [0.1, 0.15) is 22.3 Å². The number of carbonyl (C=O) groups is 1. The molecule has 5 nitrogen and oxygen atoms in total. The molecular weight excluding hydrogens is 228 g/mol. The third-order valence-electron chi connectivity index (χ3n) is 3.18. The number of amides is 1. The number of fused-ring (bicyclic) bond motifs is 1. The Morgan fingerprint density at radius 3 is 3.06 bits per heavy atom. The first-order chi connectivity index (χ1) is 8.74. The lowest BCUT2D eigenvalue weighted by Crippen LogP contribution is -2.23. The summed E-state index contributed by atoms with van der Waals surface area (Å²) in [6.45, 7) is 1.13. The van der Waals surface area contributed by atoms with Crippen molar-refractivity contribution in [1.29, 1.82) is 0 Å². The van der Waals surface area contributed by atoms with Crippen molar-refractivity contribution in [2.75, 3.05) is 11.9 Å². The molecule has 0 aliphatic carbocycles. The van der Waals surface area contributed by atoms with E-state index >= 15 is 0 Å². The van der Waals surface area contributed by atoms with Crippen molar-refractivity contribution in [2.45, 2.75) is 18.6 Å². The van der Waals surface area contributed by atoms with Crippen LogP contribution in [-0.2, 0) is 6.54 Å². The number of rotatable bonds is 4. The topological polar surface area (TPSA) is 65.8 Å². The lowest BCUT2D eigenvalue weighted by atomic mass is 10.1. The highest BCUT2D eigenvalue weighted by Gasteiger charge is 2.39. The van der Waals surface area contributed by atoms with Gasteiger partial charge in [0.2, 0.25) is 5.66 Å². The first kappa shape index (κ1) is 10.8. The first-order valence-electron chi connectivity index (χ1n) is 5.76. The molecule has 0 bridgehead atoms. The molecule has 2 aliphatic heterocycles. The molecule has 5 heteroatoms. The highest BCUT2D eigenvalue weighted by molar-refractivity contribution is 5.99. The summed E-state index contributed by atoms with van der Waals surface area (Å²) < 4.78 is 0. The van der Waals surface area contributed by atoms with E-state index in [0.717, 1.165) is 16.8 Å². The van der Waals surface area contributed by atoms with Crippen molar-refractivity contribution in [1.82, 2.24) is 5.32 Å². The average molecular weight is 240 g/mol. The summed E-state index contributed by atoms with van der Waals surface area (Å²) in [5.41, 5.74) is 2.22. The van der Waals surface area contributed by atoms with Gasteiger partial charge in [-0.15, -0.1) is 12.3 Å². The molecule has 0 spiro atoms. The van der Waals surface area contributed by atoms with Crippen molar-refractivity contribution in [2.24, 2.45) is 10.2 Å². The quantitative estimate of drug-likeness (QED) is 0.784. The molecule has 0 unspecified atom stereocenters. The van der Waals surface area contributed by atoms with Gasteiger partial charge in [-0.05, 0) is 12.1 Å². The molecule has 1 amide bonds. The summed E-state index contributed by atoms with van der Waals surface area (Å²) in [6, 6.07) is 5.64. The zero-order valence-electron chi connectivity index (χ0n) is 9.73. The van der Waals surface area contributed by atoms with Gasteiger partial charge in [0.15, 0.2) is 0 Å². The van der Waals surface area contributed by atoms with Gasteiger partial charge in [-0.2, -0.15) is 10.2 Å². The van der Waals surface area contributed by atoms with Crippen LogP contribution in [0.4, 0.5) is 5.69 Å². The second-order valence-electron chi connectivity index (χ2n) is 4.43. The summed E-state index contributed by atoms with van der Waals surface area (Å²) in [5.74, 6) is 2.55. The molecule has 2 heterocycles. The zero-order chi connectivity index (χ0) is 12.6. The van der Waals surface area contributed by atoms with Crippen LogP contribution in [0.15, 0.2) is 28.4 Å². The molecule has 0 saturated heterocycles. The van der Waals surface area contributed by atoms with E-state index in [1.807, 2.05) is 18.2 Å². The van der Waals surface area contributed by atoms with Crippen LogP contribution in [0.3, 0.4) is 0 Å². The van der Waals surface area contributed by atoms with E-state index in [2.05, 4.69) is 26.8 Å². The van der Waals surface area contributed by atoms with Gasteiger partial charge in [0.1, 0.15) is 0 Å². The lowest BCUT2D eigenvalue weighted by molar-refractivity contribution is 0.0966. The van der Waals surface area contributed by atoms with E-state index < -0.39 is 5.66 Å². The van der Waals surface area contributed by atoms with Crippen molar-refractivity contribution < 1.29 is 4.79 Å². The number of nitrogens with one attached hydrogen (secondary N) is 2. The molecule has 0 fully saturated rings. The Morgan fingerprint density at radius 1 is 1.50 bits per heavy atom. The molecule has 2 N–H and O–H groups in total. The number of anilines is 1. The summed E-state index contributed by atoms with van der Waals surface area (Å²) >= 11 is 0. The standard InChI is InChI=1S/C13H12N4O/c1-2-6-13(16-17-13)8-15-11-5-3-4-9-10(11)7-14-12(9)18/h1,3-5,15H,6-8H2,(H,14,18). The van der Waals surface area contributed by atoms with Gasteiger partial charge in [0, 0.05) is 23.4 Å². The smallest absolute Gasteiger partial charge is 0.251 e. The Hall–Kier alpha value is -2.35. The van der Waals surface area contributed by atoms with Crippen molar-refractivity contribution in [3.63, 3.8) is 0 Å². The van der Waals surface area contributed by atoms with Crippen LogP contribution in [0.2, 0.25) is 0 Å². The summed E-state index contributed by atoms with van der Waals surface area (Å²) in [4.78, 5) is 11.5. The van der Waals surface area contributed by atoms with E-state index in [-0.39, 0.29) is 5.91 Å². The lowest BCUT2D eigenvalue weighted by Gasteiger charge is -2.12. The van der Waals surface area contributed by atoms with Gasteiger partial charge in [0.25, 0.3) is 5.91 Å². The van der Waals surface area contributed by atoms with Gasteiger partial charge >= 0.3 is 0 Å². The van der Waals surface area contributed by atoms with Gasteiger partial charge in [-0.3, -0.25) is 4.79 Å². The van der Waals surface area contributed by atoms with E-state index in [0.29, 0.717) is 19.5 Å². The average Bonchev–Trinajstić information content (AvgIpc) is 3.04.